The Bertz CT molecular complexity index is 237. The number of alkyl halides is 1. The van der Waals surface area contributed by atoms with Crippen molar-refractivity contribution in [2.75, 3.05) is 6.54 Å². The molecule has 1 aliphatic heterocycles. The van der Waals surface area contributed by atoms with Gasteiger partial charge in [0.1, 0.15) is 0 Å². The van der Waals surface area contributed by atoms with Crippen LogP contribution in [0, 0.1) is 0 Å². The quantitative estimate of drug-likeness (QED) is 0.493. The third-order valence-corrected chi connectivity index (χ3v) is 3.27. The van der Waals surface area contributed by atoms with Gasteiger partial charge in [0, 0.05) is 19.0 Å². The van der Waals surface area contributed by atoms with Gasteiger partial charge >= 0.3 is 0 Å². The van der Waals surface area contributed by atoms with Gasteiger partial charge in [0.05, 0.1) is 0 Å². The van der Waals surface area contributed by atoms with E-state index in [9.17, 15) is 9.59 Å². The molecule has 66 valence electrons. The summed E-state index contributed by atoms with van der Waals surface area (Å²) in [5, 5.41) is 0. The molecule has 3 nitrogen and oxygen atoms in total. The van der Waals surface area contributed by atoms with E-state index in [4.69, 9.17) is 0 Å². The van der Waals surface area contributed by atoms with Gasteiger partial charge in [-0.05, 0) is 12.8 Å². The molecule has 0 N–H and O–H groups in total. The Hall–Kier alpha value is -0.380. The normalized spacial score (nSPS) is 31.1. The van der Waals surface area contributed by atoms with Crippen LogP contribution < -0.4 is 0 Å². The number of hydrogen-bond donors (Lipinski definition) is 0. The van der Waals surface area contributed by atoms with Crippen LogP contribution in [0.15, 0.2) is 0 Å². The molecule has 2 fully saturated rings. The summed E-state index contributed by atoms with van der Waals surface area (Å²) in [4.78, 5) is 23.8. The highest BCUT2D eigenvalue weighted by atomic mass is 79.9. The molecule has 1 heterocycles. The summed E-state index contributed by atoms with van der Waals surface area (Å²) in [6, 6.07) is 0.436. The molecule has 0 unspecified atom stereocenters. The molecule has 1 atom stereocenters. The summed E-state index contributed by atoms with van der Waals surface area (Å²) >= 11 is 3.11. The summed E-state index contributed by atoms with van der Waals surface area (Å²) in [5.74, 6) is -0.00866. The van der Waals surface area contributed by atoms with Gasteiger partial charge in [-0.2, -0.15) is 0 Å². The number of halogens is 1. The second kappa shape index (κ2) is 2.83. The lowest BCUT2D eigenvalue weighted by molar-refractivity contribution is -0.138. The van der Waals surface area contributed by atoms with Crippen LogP contribution in [-0.2, 0) is 9.59 Å². The molecule has 2 aliphatic rings. The molecule has 0 aromatic rings. The lowest BCUT2D eigenvalue weighted by atomic mass is 10.1. The van der Waals surface area contributed by atoms with Gasteiger partial charge < -0.3 is 4.90 Å². The number of carbonyl (C=O) groups excluding carboxylic acids is 2. The van der Waals surface area contributed by atoms with Gasteiger partial charge in [-0.3, -0.25) is 9.59 Å². The summed E-state index contributed by atoms with van der Waals surface area (Å²) in [5.41, 5.74) is 0. The van der Waals surface area contributed by atoms with Gasteiger partial charge in [0.15, 0.2) is 10.6 Å². The van der Waals surface area contributed by atoms with Crippen molar-refractivity contribution >= 4 is 27.6 Å². The second-order valence-electron chi connectivity index (χ2n) is 3.34. The van der Waals surface area contributed by atoms with E-state index in [0.717, 1.165) is 12.8 Å². The average Bonchev–Trinajstić information content (AvgIpc) is 2.84. The Morgan fingerprint density at radius 2 is 2.00 bits per heavy atom. The molecule has 0 aromatic heterocycles. The highest BCUT2D eigenvalue weighted by Gasteiger charge is 2.40. The first kappa shape index (κ1) is 8.23. The number of amides is 1. The van der Waals surface area contributed by atoms with E-state index in [1.807, 2.05) is 4.90 Å². The largest absolute Gasteiger partial charge is 0.338 e. The maximum absolute atomic E-state index is 11.5. The van der Waals surface area contributed by atoms with E-state index in [-0.39, 0.29) is 11.7 Å². The number of rotatable bonds is 1. The monoisotopic (exact) mass is 231 g/mol. The minimum atomic E-state index is -0.563. The van der Waals surface area contributed by atoms with E-state index in [0.29, 0.717) is 19.0 Å². The number of carbonyl (C=O) groups is 2. The van der Waals surface area contributed by atoms with Crippen molar-refractivity contribution in [3.05, 3.63) is 0 Å². The van der Waals surface area contributed by atoms with Crippen LogP contribution in [0.5, 0.6) is 0 Å². The average molecular weight is 232 g/mol. The first-order valence-corrected chi connectivity index (χ1v) is 5.09. The van der Waals surface area contributed by atoms with Crippen LogP contribution in [0.3, 0.4) is 0 Å². The van der Waals surface area contributed by atoms with Gasteiger partial charge in [-0.1, -0.05) is 15.9 Å². The van der Waals surface area contributed by atoms with Gasteiger partial charge in [-0.15, -0.1) is 0 Å². The maximum atomic E-state index is 11.5. The van der Waals surface area contributed by atoms with Crippen molar-refractivity contribution < 1.29 is 9.59 Å². The lowest BCUT2D eigenvalue weighted by Crippen LogP contribution is -2.47. The maximum Gasteiger partial charge on any atom is 0.244 e. The standard InChI is InChI=1S/C8H10BrNO2/c9-7-6(11)3-4-10(8(7)12)5-1-2-5/h5,7H,1-4H2/t7-/m1/s1. The van der Waals surface area contributed by atoms with E-state index < -0.39 is 4.83 Å². The number of nitrogens with zero attached hydrogens (tertiary/aromatic N) is 1. The van der Waals surface area contributed by atoms with Crippen molar-refractivity contribution in [3.63, 3.8) is 0 Å². The zero-order valence-corrected chi connectivity index (χ0v) is 8.21. The first-order valence-electron chi connectivity index (χ1n) is 4.17. The van der Waals surface area contributed by atoms with Crippen LogP contribution in [0.1, 0.15) is 19.3 Å². The third-order valence-electron chi connectivity index (χ3n) is 2.37. The molecule has 4 heteroatoms. The molecule has 1 aliphatic carbocycles. The minimum Gasteiger partial charge on any atom is -0.338 e. The van der Waals surface area contributed by atoms with E-state index in [2.05, 4.69) is 15.9 Å². The summed E-state index contributed by atoms with van der Waals surface area (Å²) in [6.07, 6.45) is 2.73. The fourth-order valence-electron chi connectivity index (χ4n) is 1.50. The van der Waals surface area contributed by atoms with Crippen molar-refractivity contribution in [1.29, 1.82) is 0 Å². The zero-order chi connectivity index (χ0) is 8.72. The highest BCUT2D eigenvalue weighted by Crippen LogP contribution is 2.30. The number of Topliss-reactive ketones (excluding diaryl/α,β-unsaturated/α-hetero) is 1. The van der Waals surface area contributed by atoms with Crippen molar-refractivity contribution in [2.45, 2.75) is 30.1 Å². The molecule has 0 aromatic carbocycles. The molecule has 2 rings (SSSR count). The van der Waals surface area contributed by atoms with Crippen molar-refractivity contribution in [1.82, 2.24) is 4.90 Å². The van der Waals surface area contributed by atoms with Crippen LogP contribution in [-0.4, -0.2) is 34.0 Å². The van der Waals surface area contributed by atoms with Crippen LogP contribution >= 0.6 is 15.9 Å². The third kappa shape index (κ3) is 1.28. The SMILES string of the molecule is O=C1CCN(C2CC2)C(=O)[C@@H]1Br. The van der Waals surface area contributed by atoms with Gasteiger partial charge in [-0.25, -0.2) is 0 Å². The number of likely N-dealkylation sites (tertiary alicyclic amines) is 1. The zero-order valence-electron chi connectivity index (χ0n) is 6.62. The van der Waals surface area contributed by atoms with Crippen molar-refractivity contribution in [2.24, 2.45) is 0 Å². The predicted molar refractivity (Wildman–Crippen MR) is 47.1 cm³/mol. The van der Waals surface area contributed by atoms with Crippen molar-refractivity contribution in [3.8, 4) is 0 Å². The highest BCUT2D eigenvalue weighted by molar-refractivity contribution is 9.10. The molecule has 0 bridgehead atoms. The molecule has 0 spiro atoms. The molecule has 0 radical (unpaired) electrons. The fraction of sp³-hybridized carbons (Fsp3) is 0.750. The fourth-order valence-corrected chi connectivity index (χ4v) is 1.99. The minimum absolute atomic E-state index is 0.0249. The molecule has 1 saturated heterocycles. The summed E-state index contributed by atoms with van der Waals surface area (Å²) in [6.45, 7) is 0.629. The second-order valence-corrected chi connectivity index (χ2v) is 4.26. The first-order chi connectivity index (χ1) is 5.70. The smallest absolute Gasteiger partial charge is 0.244 e. The van der Waals surface area contributed by atoms with Crippen LogP contribution in [0.4, 0.5) is 0 Å². The lowest BCUT2D eigenvalue weighted by Gasteiger charge is -2.28. The molecule has 1 saturated carbocycles. The summed E-state index contributed by atoms with van der Waals surface area (Å²) < 4.78 is 0. The van der Waals surface area contributed by atoms with E-state index in [1.54, 1.807) is 0 Å². The van der Waals surface area contributed by atoms with E-state index in [1.165, 1.54) is 0 Å². The Morgan fingerprint density at radius 1 is 1.33 bits per heavy atom. The predicted octanol–water partition coefficient (Wildman–Crippen LogP) is 0.714. The van der Waals surface area contributed by atoms with Gasteiger partial charge in [0.25, 0.3) is 0 Å². The van der Waals surface area contributed by atoms with Gasteiger partial charge in [0.2, 0.25) is 5.91 Å². The van der Waals surface area contributed by atoms with Crippen LogP contribution in [0.25, 0.3) is 0 Å². The number of piperidine rings is 1. The number of hydrogen-bond acceptors (Lipinski definition) is 2. The Morgan fingerprint density at radius 3 is 2.58 bits per heavy atom. The molecule has 12 heavy (non-hydrogen) atoms. The Kier molecular flexibility index (Phi) is 1.94. The van der Waals surface area contributed by atoms with Crippen LogP contribution in [0.2, 0.25) is 0 Å². The van der Waals surface area contributed by atoms with E-state index >= 15 is 0 Å². The molecular formula is C8H10BrNO2. The summed E-state index contributed by atoms with van der Waals surface area (Å²) in [7, 11) is 0. The molecular weight excluding hydrogens is 222 g/mol. The molecule has 1 amide bonds. The Balaban J connectivity index is 2.08. The topological polar surface area (TPSA) is 37.4 Å². The number of ketones is 1. The Labute approximate surface area is 79.2 Å².